The zero-order chi connectivity index (χ0) is 9.90. The fourth-order valence-corrected chi connectivity index (χ4v) is 1.30. The van der Waals surface area contributed by atoms with Gasteiger partial charge in [0.1, 0.15) is 5.82 Å². The van der Waals surface area contributed by atoms with Crippen LogP contribution in [0.25, 0.3) is 0 Å². The van der Waals surface area contributed by atoms with Crippen LogP contribution in [-0.2, 0) is 5.75 Å². The van der Waals surface area contributed by atoms with Gasteiger partial charge in [-0.05, 0) is 29.5 Å². The third-order valence-electron chi connectivity index (χ3n) is 1.29. The van der Waals surface area contributed by atoms with Gasteiger partial charge < -0.3 is 0 Å². The van der Waals surface area contributed by atoms with Crippen LogP contribution in [0, 0.1) is 5.82 Å². The van der Waals surface area contributed by atoms with Gasteiger partial charge in [0, 0.05) is 5.75 Å². The molecule has 0 N–H and O–H groups in total. The standard InChI is InChI=1S/C8H6F4S/c9-7-3-1-2-6(4-7)5-13-8(10,11)12/h1-4H,5H2. The lowest BCUT2D eigenvalue weighted by Gasteiger charge is -2.04. The maximum absolute atomic E-state index is 12.5. The Labute approximate surface area is 76.9 Å². The Morgan fingerprint density at radius 1 is 1.23 bits per heavy atom. The summed E-state index contributed by atoms with van der Waals surface area (Å²) in [5, 5.41) is 0. The molecule has 13 heavy (non-hydrogen) atoms. The van der Waals surface area contributed by atoms with Crippen molar-refractivity contribution in [3.05, 3.63) is 35.6 Å². The van der Waals surface area contributed by atoms with Gasteiger partial charge in [-0.3, -0.25) is 0 Å². The molecule has 0 saturated heterocycles. The highest BCUT2D eigenvalue weighted by Gasteiger charge is 2.27. The maximum atomic E-state index is 12.5. The monoisotopic (exact) mass is 210 g/mol. The Kier molecular flexibility index (Phi) is 3.19. The normalized spacial score (nSPS) is 11.7. The number of hydrogen-bond donors (Lipinski definition) is 0. The minimum atomic E-state index is -4.26. The number of halogens is 4. The van der Waals surface area contributed by atoms with Crippen molar-refractivity contribution in [1.29, 1.82) is 0 Å². The van der Waals surface area contributed by atoms with Crippen LogP contribution >= 0.6 is 11.8 Å². The van der Waals surface area contributed by atoms with Crippen molar-refractivity contribution >= 4 is 11.8 Å². The van der Waals surface area contributed by atoms with E-state index in [2.05, 4.69) is 0 Å². The van der Waals surface area contributed by atoms with Gasteiger partial charge in [0.25, 0.3) is 0 Å². The van der Waals surface area contributed by atoms with Gasteiger partial charge >= 0.3 is 5.51 Å². The molecule has 5 heteroatoms. The van der Waals surface area contributed by atoms with Crippen LogP contribution < -0.4 is 0 Å². The first-order chi connectivity index (χ1) is 5.97. The summed E-state index contributed by atoms with van der Waals surface area (Å²) in [4.78, 5) is 0. The molecule has 1 aromatic carbocycles. The first kappa shape index (κ1) is 10.4. The molecule has 0 aliphatic carbocycles. The van der Waals surface area contributed by atoms with Gasteiger partial charge in [-0.25, -0.2) is 4.39 Å². The molecule has 0 bridgehead atoms. The molecule has 0 spiro atoms. The zero-order valence-electron chi connectivity index (χ0n) is 6.44. The molecule has 1 aromatic rings. The number of rotatable bonds is 2. The Morgan fingerprint density at radius 2 is 1.92 bits per heavy atom. The first-order valence-electron chi connectivity index (χ1n) is 3.42. The molecule has 0 fully saturated rings. The molecule has 0 nitrogen and oxygen atoms in total. The minimum absolute atomic E-state index is 0.171. The Balaban J connectivity index is 2.55. The molecule has 0 atom stereocenters. The first-order valence-corrected chi connectivity index (χ1v) is 4.41. The summed E-state index contributed by atoms with van der Waals surface area (Å²) in [6.07, 6.45) is 0. The molecular formula is C8H6F4S. The van der Waals surface area contributed by atoms with Gasteiger partial charge in [-0.15, -0.1) is 0 Å². The molecule has 0 aliphatic rings. The lowest BCUT2D eigenvalue weighted by atomic mass is 10.2. The van der Waals surface area contributed by atoms with E-state index in [0.29, 0.717) is 5.56 Å². The van der Waals surface area contributed by atoms with Gasteiger partial charge in [0.05, 0.1) is 0 Å². The van der Waals surface area contributed by atoms with Gasteiger partial charge in [-0.1, -0.05) is 12.1 Å². The smallest absolute Gasteiger partial charge is 0.207 e. The summed E-state index contributed by atoms with van der Waals surface area (Å²) in [6, 6.07) is 5.14. The molecule has 0 heterocycles. The molecule has 0 unspecified atom stereocenters. The van der Waals surface area contributed by atoms with E-state index in [0.717, 1.165) is 6.07 Å². The quantitative estimate of drug-likeness (QED) is 0.672. The lowest BCUT2D eigenvalue weighted by molar-refractivity contribution is -0.0329. The van der Waals surface area contributed by atoms with Crippen LogP contribution in [0.5, 0.6) is 0 Å². The van der Waals surface area contributed by atoms with Crippen LogP contribution in [0.4, 0.5) is 17.6 Å². The highest BCUT2D eigenvalue weighted by atomic mass is 32.2. The summed E-state index contributed by atoms with van der Waals surface area (Å²) in [6.45, 7) is 0. The average molecular weight is 210 g/mol. The largest absolute Gasteiger partial charge is 0.442 e. The van der Waals surface area contributed by atoms with Crippen LogP contribution in [0.2, 0.25) is 0 Å². The number of thioether (sulfide) groups is 1. The van der Waals surface area contributed by atoms with E-state index in [1.165, 1.54) is 18.2 Å². The molecule has 0 aromatic heterocycles. The Morgan fingerprint density at radius 3 is 2.46 bits per heavy atom. The third kappa shape index (κ3) is 4.17. The van der Waals surface area contributed by atoms with E-state index in [1.807, 2.05) is 0 Å². The fourth-order valence-electron chi connectivity index (χ4n) is 0.792. The van der Waals surface area contributed by atoms with Crippen molar-refractivity contribution in [2.45, 2.75) is 11.3 Å². The molecular weight excluding hydrogens is 204 g/mol. The molecule has 1 rings (SSSR count). The highest BCUT2D eigenvalue weighted by Crippen LogP contribution is 2.32. The number of benzene rings is 1. The van der Waals surface area contributed by atoms with Crippen molar-refractivity contribution < 1.29 is 17.6 Å². The van der Waals surface area contributed by atoms with E-state index in [4.69, 9.17) is 0 Å². The van der Waals surface area contributed by atoms with Crippen molar-refractivity contribution in [3.8, 4) is 0 Å². The van der Waals surface area contributed by atoms with Crippen molar-refractivity contribution in [2.75, 3.05) is 0 Å². The van der Waals surface area contributed by atoms with Gasteiger partial charge in [-0.2, -0.15) is 13.2 Å². The van der Waals surface area contributed by atoms with Crippen molar-refractivity contribution in [2.24, 2.45) is 0 Å². The van der Waals surface area contributed by atoms with E-state index in [9.17, 15) is 17.6 Å². The SMILES string of the molecule is Fc1cccc(CSC(F)(F)F)c1. The Bertz CT molecular complexity index is 282. The van der Waals surface area contributed by atoms with Gasteiger partial charge in [0.2, 0.25) is 0 Å². The maximum Gasteiger partial charge on any atom is 0.442 e. The second kappa shape index (κ2) is 4.00. The van der Waals surface area contributed by atoms with E-state index < -0.39 is 11.3 Å². The van der Waals surface area contributed by atoms with Gasteiger partial charge in [0.15, 0.2) is 0 Å². The third-order valence-corrected chi connectivity index (χ3v) is 2.10. The topological polar surface area (TPSA) is 0 Å². The molecule has 72 valence electrons. The molecule has 0 amide bonds. The minimum Gasteiger partial charge on any atom is -0.207 e. The predicted octanol–water partition coefficient (Wildman–Crippen LogP) is 3.58. The molecule has 0 saturated carbocycles. The van der Waals surface area contributed by atoms with Crippen LogP contribution in [0.1, 0.15) is 5.56 Å². The summed E-state index contributed by atoms with van der Waals surface area (Å²) in [7, 11) is 0. The predicted molar refractivity (Wildman–Crippen MR) is 43.8 cm³/mol. The summed E-state index contributed by atoms with van der Waals surface area (Å²) < 4.78 is 47.6. The van der Waals surface area contributed by atoms with Crippen LogP contribution in [-0.4, -0.2) is 5.51 Å². The second-order valence-corrected chi connectivity index (χ2v) is 3.40. The molecule has 0 radical (unpaired) electrons. The van der Waals surface area contributed by atoms with Crippen LogP contribution in [0.15, 0.2) is 24.3 Å². The van der Waals surface area contributed by atoms with Crippen LogP contribution in [0.3, 0.4) is 0 Å². The highest BCUT2D eigenvalue weighted by molar-refractivity contribution is 7.99. The average Bonchev–Trinajstić information content (AvgIpc) is 2.00. The fraction of sp³-hybridized carbons (Fsp3) is 0.250. The summed E-state index contributed by atoms with van der Waals surface area (Å²) >= 11 is -0.171. The van der Waals surface area contributed by atoms with E-state index in [-0.39, 0.29) is 17.5 Å². The Hall–Kier alpha value is -0.710. The summed E-state index contributed by atoms with van der Waals surface area (Å²) in [5.74, 6) is -0.762. The van der Waals surface area contributed by atoms with E-state index >= 15 is 0 Å². The lowest BCUT2D eigenvalue weighted by Crippen LogP contribution is -2.00. The van der Waals surface area contributed by atoms with Crippen molar-refractivity contribution in [1.82, 2.24) is 0 Å². The zero-order valence-corrected chi connectivity index (χ0v) is 7.25. The molecule has 0 aliphatic heterocycles. The number of alkyl halides is 3. The second-order valence-electron chi connectivity index (χ2n) is 2.36. The summed E-state index contributed by atoms with van der Waals surface area (Å²) in [5.41, 5.74) is -3.92. The van der Waals surface area contributed by atoms with E-state index in [1.54, 1.807) is 0 Å². The number of hydrogen-bond acceptors (Lipinski definition) is 1. The van der Waals surface area contributed by atoms with Crippen molar-refractivity contribution in [3.63, 3.8) is 0 Å².